The number of rotatable bonds is 10. The maximum atomic E-state index is 12.3. The molecule has 0 radical (unpaired) electrons. The second kappa shape index (κ2) is 10.9. The van der Waals surface area contributed by atoms with Crippen LogP contribution in [0.15, 0.2) is 42.5 Å². The Morgan fingerprint density at radius 3 is 2.39 bits per heavy atom. The predicted octanol–water partition coefficient (Wildman–Crippen LogP) is 1.30. The van der Waals surface area contributed by atoms with E-state index in [1.807, 2.05) is 24.3 Å². The van der Waals surface area contributed by atoms with Gasteiger partial charge in [-0.05, 0) is 54.9 Å². The lowest BCUT2D eigenvalue weighted by Gasteiger charge is -2.19. The van der Waals surface area contributed by atoms with Crippen LogP contribution in [0.4, 0.5) is 0 Å². The van der Waals surface area contributed by atoms with Crippen molar-refractivity contribution in [3.8, 4) is 5.75 Å². The average molecular weight is 385 g/mol. The Bertz CT molecular complexity index is 764. The van der Waals surface area contributed by atoms with Crippen molar-refractivity contribution in [2.24, 2.45) is 0 Å². The van der Waals surface area contributed by atoms with E-state index in [1.165, 1.54) is 0 Å². The smallest absolute Gasteiger partial charge is 0.475 e. The van der Waals surface area contributed by atoms with Gasteiger partial charge >= 0.3 is 7.12 Å². The highest BCUT2D eigenvalue weighted by molar-refractivity contribution is 6.43. The van der Waals surface area contributed by atoms with Crippen LogP contribution in [0.1, 0.15) is 35.1 Å². The van der Waals surface area contributed by atoms with Gasteiger partial charge in [-0.2, -0.15) is 0 Å². The van der Waals surface area contributed by atoms with Crippen LogP contribution in [0.25, 0.3) is 0 Å². The van der Waals surface area contributed by atoms with Crippen LogP contribution in [0.5, 0.6) is 5.75 Å². The van der Waals surface area contributed by atoms with E-state index in [-0.39, 0.29) is 31.1 Å². The third-order valence-corrected chi connectivity index (χ3v) is 4.73. The molecule has 0 aliphatic heterocycles. The molecule has 0 bridgehead atoms. The number of unbranched alkanes of at least 4 members (excludes halogenated alkanes) is 1. The molecule has 0 spiro atoms. The van der Waals surface area contributed by atoms with Gasteiger partial charge in [0, 0.05) is 6.61 Å². The highest BCUT2D eigenvalue weighted by Gasteiger charge is 2.26. The molecule has 6 nitrogen and oxygen atoms in total. The summed E-state index contributed by atoms with van der Waals surface area (Å²) in [5, 5.41) is 40.8. The Morgan fingerprint density at radius 2 is 1.75 bits per heavy atom. The molecule has 28 heavy (non-hydrogen) atoms. The number of amides is 1. The maximum Gasteiger partial charge on any atom is 0.475 e. The van der Waals surface area contributed by atoms with Crippen molar-refractivity contribution in [3.63, 3.8) is 0 Å². The van der Waals surface area contributed by atoms with E-state index < -0.39 is 13.1 Å². The molecule has 0 fully saturated rings. The second-order valence-corrected chi connectivity index (χ2v) is 7.05. The second-order valence-electron chi connectivity index (χ2n) is 7.05. The van der Waals surface area contributed by atoms with Gasteiger partial charge in [0.1, 0.15) is 5.75 Å². The topological polar surface area (TPSA) is 110 Å². The van der Waals surface area contributed by atoms with Crippen molar-refractivity contribution >= 4 is 13.0 Å². The lowest BCUT2D eigenvalue weighted by molar-refractivity contribution is -0.120. The molecule has 0 saturated carbocycles. The minimum atomic E-state index is -1.74. The van der Waals surface area contributed by atoms with E-state index in [1.54, 1.807) is 25.1 Å². The van der Waals surface area contributed by atoms with Crippen LogP contribution in [0.2, 0.25) is 0 Å². The van der Waals surface area contributed by atoms with E-state index >= 15 is 0 Å². The van der Waals surface area contributed by atoms with Crippen LogP contribution in [-0.2, 0) is 24.1 Å². The number of hydrogen-bond acceptors (Lipinski definition) is 5. The van der Waals surface area contributed by atoms with Crippen LogP contribution < -0.4 is 5.32 Å². The molecule has 0 aliphatic rings. The molecule has 2 aromatic rings. The first-order chi connectivity index (χ1) is 13.4. The lowest BCUT2D eigenvalue weighted by Crippen LogP contribution is -2.48. The summed E-state index contributed by atoms with van der Waals surface area (Å²) in [4.78, 5) is 12.3. The SMILES string of the molecule is Cc1cccc(C[C@H](NC(=O)Cc2ccc(CCCCO)cc2)B(O)O)c1O. The summed E-state index contributed by atoms with van der Waals surface area (Å²) < 4.78 is 0. The molecule has 5 N–H and O–H groups in total. The number of para-hydroxylation sites is 1. The number of benzene rings is 2. The van der Waals surface area contributed by atoms with E-state index in [0.29, 0.717) is 11.1 Å². The summed E-state index contributed by atoms with van der Waals surface area (Å²) in [5.74, 6) is -1.14. The zero-order valence-corrected chi connectivity index (χ0v) is 16.1. The minimum Gasteiger partial charge on any atom is -0.507 e. The van der Waals surface area contributed by atoms with Crippen molar-refractivity contribution in [2.45, 2.75) is 45.0 Å². The summed E-state index contributed by atoms with van der Waals surface area (Å²) in [6, 6.07) is 12.9. The van der Waals surface area contributed by atoms with Crippen molar-refractivity contribution in [2.75, 3.05) is 6.61 Å². The number of phenols is 1. The number of aliphatic hydroxyl groups excluding tert-OH is 1. The van der Waals surface area contributed by atoms with Gasteiger partial charge in [0.2, 0.25) is 5.91 Å². The maximum absolute atomic E-state index is 12.3. The number of phenolic OH excluding ortho intramolecular Hbond substituents is 1. The van der Waals surface area contributed by atoms with Gasteiger partial charge < -0.3 is 25.6 Å². The number of carbonyl (C=O) groups is 1. The third kappa shape index (κ3) is 6.67. The molecule has 0 saturated heterocycles. The van der Waals surface area contributed by atoms with E-state index in [0.717, 1.165) is 30.4 Å². The molecule has 0 unspecified atom stereocenters. The molecular weight excluding hydrogens is 357 g/mol. The normalized spacial score (nSPS) is 11.9. The number of aromatic hydroxyl groups is 1. The Hall–Kier alpha value is -2.35. The van der Waals surface area contributed by atoms with Gasteiger partial charge in [-0.15, -0.1) is 0 Å². The Labute approximate surface area is 166 Å². The molecule has 0 aliphatic carbocycles. The first kappa shape index (κ1) is 21.9. The monoisotopic (exact) mass is 385 g/mol. The molecule has 1 atom stereocenters. The fourth-order valence-electron chi connectivity index (χ4n) is 3.06. The standard InChI is InChI=1S/C21H28BNO5/c1-15-5-4-7-18(21(15)26)14-19(22(27)28)23-20(25)13-17-10-8-16(9-11-17)6-2-3-12-24/h4-5,7-11,19,24,26-28H,2-3,6,12-14H2,1H3,(H,23,25)/t19-/m0/s1. The average Bonchev–Trinajstić information content (AvgIpc) is 2.66. The van der Waals surface area contributed by atoms with E-state index in [2.05, 4.69) is 5.32 Å². The molecule has 2 aromatic carbocycles. The third-order valence-electron chi connectivity index (χ3n) is 4.73. The van der Waals surface area contributed by atoms with Crippen LogP contribution in [-0.4, -0.2) is 45.8 Å². The quantitative estimate of drug-likeness (QED) is 0.313. The van der Waals surface area contributed by atoms with Crippen molar-refractivity contribution in [3.05, 3.63) is 64.7 Å². The first-order valence-electron chi connectivity index (χ1n) is 9.52. The number of hydrogen-bond donors (Lipinski definition) is 5. The van der Waals surface area contributed by atoms with Gasteiger partial charge in [0.25, 0.3) is 0 Å². The highest BCUT2D eigenvalue weighted by Crippen LogP contribution is 2.23. The zero-order valence-electron chi connectivity index (χ0n) is 16.1. The number of carbonyl (C=O) groups excluding carboxylic acids is 1. The summed E-state index contributed by atoms with van der Waals surface area (Å²) in [7, 11) is -1.74. The number of nitrogens with one attached hydrogen (secondary N) is 1. The van der Waals surface area contributed by atoms with Gasteiger partial charge in [-0.1, -0.05) is 42.5 Å². The molecule has 1 amide bonds. The molecular formula is C21H28BNO5. The zero-order chi connectivity index (χ0) is 20.5. The predicted molar refractivity (Wildman–Crippen MR) is 109 cm³/mol. The molecule has 0 heterocycles. The highest BCUT2D eigenvalue weighted by atomic mass is 16.4. The molecule has 7 heteroatoms. The molecule has 2 rings (SSSR count). The van der Waals surface area contributed by atoms with Gasteiger partial charge in [-0.3, -0.25) is 4.79 Å². The molecule has 150 valence electrons. The van der Waals surface area contributed by atoms with Crippen molar-refractivity contribution < 1.29 is 25.1 Å². The van der Waals surface area contributed by atoms with Crippen LogP contribution in [0, 0.1) is 6.92 Å². The Kier molecular flexibility index (Phi) is 8.51. The fraction of sp³-hybridized carbons (Fsp3) is 0.381. The summed E-state index contributed by atoms with van der Waals surface area (Å²) >= 11 is 0. The summed E-state index contributed by atoms with van der Waals surface area (Å²) in [6.45, 7) is 1.95. The van der Waals surface area contributed by atoms with Crippen molar-refractivity contribution in [1.82, 2.24) is 5.32 Å². The van der Waals surface area contributed by atoms with Crippen molar-refractivity contribution in [1.29, 1.82) is 0 Å². The number of aliphatic hydroxyl groups is 1. The van der Waals surface area contributed by atoms with Gasteiger partial charge in [0.15, 0.2) is 0 Å². The lowest BCUT2D eigenvalue weighted by atomic mass is 9.75. The first-order valence-corrected chi connectivity index (χ1v) is 9.52. The van der Waals surface area contributed by atoms with E-state index in [4.69, 9.17) is 5.11 Å². The van der Waals surface area contributed by atoms with Gasteiger partial charge in [0.05, 0.1) is 12.4 Å². The Morgan fingerprint density at radius 1 is 1.07 bits per heavy atom. The molecule has 0 aromatic heterocycles. The van der Waals surface area contributed by atoms with Gasteiger partial charge in [-0.25, -0.2) is 0 Å². The number of aryl methyl sites for hydroxylation is 2. The fourth-order valence-corrected chi connectivity index (χ4v) is 3.06. The largest absolute Gasteiger partial charge is 0.507 e. The van der Waals surface area contributed by atoms with E-state index in [9.17, 15) is 19.9 Å². The van der Waals surface area contributed by atoms with Crippen LogP contribution >= 0.6 is 0 Å². The summed E-state index contributed by atoms with van der Waals surface area (Å²) in [6.07, 6.45) is 2.80. The van der Waals surface area contributed by atoms with Crippen LogP contribution in [0.3, 0.4) is 0 Å². The summed E-state index contributed by atoms with van der Waals surface area (Å²) in [5.41, 5.74) is 3.21. The Balaban J connectivity index is 1.94. The minimum absolute atomic E-state index is 0.0965.